The highest BCUT2D eigenvalue weighted by atomic mass is 32.2. The number of methoxy groups -OCH3 is 2. The fourth-order valence-electron chi connectivity index (χ4n) is 4.60. The highest BCUT2D eigenvalue weighted by Gasteiger charge is 2.39. The van der Waals surface area contributed by atoms with Gasteiger partial charge in [-0.15, -0.1) is 0 Å². The van der Waals surface area contributed by atoms with Gasteiger partial charge in [0.25, 0.3) is 0 Å². The number of ether oxygens (including phenoxy) is 2. The lowest BCUT2D eigenvalue weighted by Gasteiger charge is -2.34. The van der Waals surface area contributed by atoms with Crippen LogP contribution in [-0.2, 0) is 10.2 Å². The van der Waals surface area contributed by atoms with Crippen molar-refractivity contribution in [2.24, 2.45) is 9.98 Å². The van der Waals surface area contributed by atoms with Gasteiger partial charge in [0.1, 0.15) is 16.5 Å². The summed E-state index contributed by atoms with van der Waals surface area (Å²) >= 11 is 1.45. The third kappa shape index (κ3) is 6.54. The Bertz CT molecular complexity index is 1150. The van der Waals surface area contributed by atoms with Crippen LogP contribution in [0.1, 0.15) is 51.7 Å². The lowest BCUT2D eigenvalue weighted by Crippen LogP contribution is -2.41. The first-order valence-electron chi connectivity index (χ1n) is 12.8. The summed E-state index contributed by atoms with van der Waals surface area (Å²) in [6.07, 6.45) is 1.79. The molecule has 2 aliphatic heterocycles. The number of anilines is 1. The molecule has 1 N–H and O–H groups in total. The van der Waals surface area contributed by atoms with Gasteiger partial charge in [0.05, 0.1) is 25.7 Å². The van der Waals surface area contributed by atoms with E-state index >= 15 is 0 Å². The van der Waals surface area contributed by atoms with Crippen molar-refractivity contribution in [2.75, 3.05) is 44.9 Å². The predicted molar refractivity (Wildman–Crippen MR) is 154 cm³/mol. The molecule has 1 spiro atoms. The van der Waals surface area contributed by atoms with E-state index in [-0.39, 0.29) is 17.1 Å². The molecule has 1 saturated heterocycles. The monoisotopic (exact) mass is 522 g/mol. The number of hydrogen-bond donors (Lipinski definition) is 1. The number of likely N-dealkylation sites (tertiary alicyclic amines) is 1. The van der Waals surface area contributed by atoms with Crippen LogP contribution in [0.2, 0.25) is 0 Å². The zero-order valence-corrected chi connectivity index (χ0v) is 23.6. The van der Waals surface area contributed by atoms with Crippen LogP contribution in [0.4, 0.5) is 5.69 Å². The number of thioether (sulfide) groups is 1. The summed E-state index contributed by atoms with van der Waals surface area (Å²) < 4.78 is 10.6. The van der Waals surface area contributed by atoms with Gasteiger partial charge in [0, 0.05) is 55.4 Å². The van der Waals surface area contributed by atoms with Crippen molar-refractivity contribution >= 4 is 34.1 Å². The minimum atomic E-state index is -0.428. The van der Waals surface area contributed by atoms with Crippen molar-refractivity contribution in [2.45, 2.75) is 51.6 Å². The number of amides is 1. The van der Waals surface area contributed by atoms with Crippen molar-refractivity contribution in [3.05, 3.63) is 53.6 Å². The van der Waals surface area contributed by atoms with Gasteiger partial charge < -0.3 is 19.7 Å². The Morgan fingerprint density at radius 3 is 2.19 bits per heavy atom. The largest absolute Gasteiger partial charge is 0.497 e. The first kappa shape index (κ1) is 27.2. The van der Waals surface area contributed by atoms with Gasteiger partial charge >= 0.3 is 0 Å². The number of hydrogen-bond acceptors (Lipinski definition) is 7. The van der Waals surface area contributed by atoms with E-state index < -0.39 is 5.66 Å². The maximum absolute atomic E-state index is 12.9. The average molecular weight is 523 g/mol. The van der Waals surface area contributed by atoms with E-state index in [9.17, 15) is 4.79 Å². The van der Waals surface area contributed by atoms with Crippen LogP contribution in [0.15, 0.2) is 52.4 Å². The topological polar surface area (TPSA) is 75.5 Å². The minimum absolute atomic E-state index is 0.0801. The maximum atomic E-state index is 12.9. The summed E-state index contributed by atoms with van der Waals surface area (Å²) in [5, 5.41) is 3.80. The lowest BCUT2D eigenvalue weighted by atomic mass is 9.86. The zero-order chi connectivity index (χ0) is 26.6. The smallest absolute Gasteiger partial charge is 0.234 e. The fraction of sp³-hybridized carbons (Fsp3) is 0.483. The van der Waals surface area contributed by atoms with Gasteiger partial charge in [0.2, 0.25) is 5.91 Å². The van der Waals surface area contributed by atoms with Gasteiger partial charge in [-0.25, -0.2) is 4.99 Å². The highest BCUT2D eigenvalue weighted by molar-refractivity contribution is 8.16. The summed E-state index contributed by atoms with van der Waals surface area (Å²) in [6, 6.07) is 13.9. The molecule has 2 heterocycles. The van der Waals surface area contributed by atoms with Crippen LogP contribution in [-0.4, -0.2) is 66.8 Å². The molecule has 0 aliphatic carbocycles. The first-order valence-corrected chi connectivity index (χ1v) is 13.8. The van der Waals surface area contributed by atoms with Crippen molar-refractivity contribution in [3.63, 3.8) is 0 Å². The standard InChI is InChI=1S/C29H38N4O3S/c1-7-33-14-12-29(13-15-33)31-26(20-8-10-21(11-9-20)28(2,3)4)27(32-29)37-19-25(34)30-22-16-23(35-5)18-24(17-22)36-6/h8-11,16-18H,7,12-15,19H2,1-6H3,(H,30,34). The SMILES string of the molecule is CCN1CCC2(CC1)N=C(SCC(=O)Nc1cc(OC)cc(OC)c1)C(c1ccc(C(C)(C)C)cc1)=N2. The van der Waals surface area contributed by atoms with Crippen LogP contribution < -0.4 is 14.8 Å². The molecule has 0 atom stereocenters. The minimum Gasteiger partial charge on any atom is -0.497 e. The molecule has 2 aromatic carbocycles. The third-order valence-electron chi connectivity index (χ3n) is 6.94. The molecular formula is C29H38N4O3S. The molecule has 37 heavy (non-hydrogen) atoms. The van der Waals surface area contributed by atoms with E-state index in [2.05, 4.69) is 62.2 Å². The second-order valence-corrected chi connectivity index (χ2v) is 11.5. The van der Waals surface area contributed by atoms with Gasteiger partial charge in [-0.05, 0) is 17.5 Å². The number of nitrogens with zero attached hydrogens (tertiary/aromatic N) is 3. The lowest BCUT2D eigenvalue weighted by molar-refractivity contribution is -0.113. The number of nitrogens with one attached hydrogen (secondary N) is 1. The fourth-order valence-corrected chi connectivity index (χ4v) is 5.48. The highest BCUT2D eigenvalue weighted by Crippen LogP contribution is 2.36. The third-order valence-corrected chi connectivity index (χ3v) is 7.90. The Labute approximate surface area is 224 Å². The second-order valence-electron chi connectivity index (χ2n) is 10.6. The summed E-state index contributed by atoms with van der Waals surface area (Å²) in [5.74, 6) is 1.35. The second kappa shape index (κ2) is 11.3. The quantitative estimate of drug-likeness (QED) is 0.528. The van der Waals surface area contributed by atoms with Crippen molar-refractivity contribution in [1.82, 2.24) is 4.90 Å². The van der Waals surface area contributed by atoms with Crippen LogP contribution in [0, 0.1) is 0 Å². The number of benzene rings is 2. The Balaban J connectivity index is 1.52. The summed E-state index contributed by atoms with van der Waals surface area (Å²) in [5.41, 5.74) is 3.50. The number of aliphatic imine (C=N–C) groups is 2. The summed E-state index contributed by atoms with van der Waals surface area (Å²) in [4.78, 5) is 25.7. The molecule has 8 heteroatoms. The number of piperidine rings is 1. The summed E-state index contributed by atoms with van der Waals surface area (Å²) in [6.45, 7) is 11.8. The van der Waals surface area contributed by atoms with E-state index in [0.717, 1.165) is 48.8 Å². The molecule has 0 radical (unpaired) electrons. The summed E-state index contributed by atoms with van der Waals surface area (Å²) in [7, 11) is 3.17. The molecule has 0 saturated carbocycles. The number of rotatable bonds is 7. The normalized spacial score (nSPS) is 17.4. The molecule has 2 aliphatic rings. The van der Waals surface area contributed by atoms with Crippen LogP contribution in [0.5, 0.6) is 11.5 Å². The molecule has 4 rings (SSSR count). The van der Waals surface area contributed by atoms with Gasteiger partial charge in [0.15, 0.2) is 5.66 Å². The van der Waals surface area contributed by atoms with Crippen molar-refractivity contribution in [3.8, 4) is 11.5 Å². The number of carbonyl (C=O) groups excluding carboxylic acids is 1. The van der Waals surface area contributed by atoms with Gasteiger partial charge in [-0.1, -0.05) is 63.7 Å². The number of carbonyl (C=O) groups is 1. The molecule has 0 aromatic heterocycles. The predicted octanol–water partition coefficient (Wildman–Crippen LogP) is 5.39. The molecule has 1 fully saturated rings. The molecule has 0 bridgehead atoms. The van der Waals surface area contributed by atoms with E-state index in [4.69, 9.17) is 19.5 Å². The molecule has 2 aromatic rings. The molecule has 198 valence electrons. The Morgan fingerprint density at radius 2 is 1.65 bits per heavy atom. The Hall–Kier alpha value is -2.84. The molecule has 0 unspecified atom stereocenters. The maximum Gasteiger partial charge on any atom is 0.234 e. The van der Waals surface area contributed by atoms with Gasteiger partial charge in [-0.2, -0.15) is 0 Å². The van der Waals surface area contributed by atoms with E-state index in [1.807, 2.05) is 0 Å². The Kier molecular flexibility index (Phi) is 8.29. The zero-order valence-electron chi connectivity index (χ0n) is 22.8. The van der Waals surface area contributed by atoms with E-state index in [1.165, 1.54) is 17.3 Å². The van der Waals surface area contributed by atoms with Crippen LogP contribution in [0.25, 0.3) is 0 Å². The van der Waals surface area contributed by atoms with E-state index in [1.54, 1.807) is 32.4 Å². The van der Waals surface area contributed by atoms with Gasteiger partial charge in [-0.3, -0.25) is 9.79 Å². The average Bonchev–Trinajstić information content (AvgIpc) is 3.25. The van der Waals surface area contributed by atoms with Crippen LogP contribution >= 0.6 is 11.8 Å². The molecular weight excluding hydrogens is 484 g/mol. The van der Waals surface area contributed by atoms with Crippen molar-refractivity contribution in [1.29, 1.82) is 0 Å². The Morgan fingerprint density at radius 1 is 1.03 bits per heavy atom. The molecule has 7 nitrogen and oxygen atoms in total. The van der Waals surface area contributed by atoms with Crippen molar-refractivity contribution < 1.29 is 14.3 Å². The van der Waals surface area contributed by atoms with E-state index in [0.29, 0.717) is 17.2 Å². The first-order chi connectivity index (χ1) is 17.6. The van der Waals surface area contributed by atoms with Crippen LogP contribution in [0.3, 0.4) is 0 Å². The molecule has 1 amide bonds.